The molecule has 0 unspecified atom stereocenters. The van der Waals surface area contributed by atoms with Gasteiger partial charge in [0.25, 0.3) is 0 Å². The predicted molar refractivity (Wildman–Crippen MR) is 79.3 cm³/mol. The Balaban J connectivity index is 2.20. The maximum atomic E-state index is 13.8. The molecule has 3 nitrogen and oxygen atoms in total. The van der Waals surface area contributed by atoms with Crippen LogP contribution in [0.4, 0.5) is 8.78 Å². The lowest BCUT2D eigenvalue weighted by Gasteiger charge is -2.11. The summed E-state index contributed by atoms with van der Waals surface area (Å²) in [6.07, 6.45) is 0. The molecule has 0 heterocycles. The largest absolute Gasteiger partial charge is 0.497 e. The zero-order valence-corrected chi connectivity index (χ0v) is 12.9. The van der Waals surface area contributed by atoms with Crippen LogP contribution in [0.3, 0.4) is 0 Å². The molecule has 2 N–H and O–H groups in total. The van der Waals surface area contributed by atoms with E-state index in [2.05, 4.69) is 15.9 Å². The fourth-order valence-corrected chi connectivity index (χ4v) is 2.17. The highest BCUT2D eigenvalue weighted by atomic mass is 79.9. The molecule has 2 rings (SSSR count). The van der Waals surface area contributed by atoms with Gasteiger partial charge < -0.3 is 15.2 Å². The third-order valence-corrected chi connectivity index (χ3v) is 3.69. The number of methoxy groups -OCH3 is 1. The Labute approximate surface area is 129 Å². The summed E-state index contributed by atoms with van der Waals surface area (Å²) >= 11 is 3.35. The molecule has 0 spiro atoms. The highest BCUT2D eigenvalue weighted by molar-refractivity contribution is 9.10. The van der Waals surface area contributed by atoms with Crippen molar-refractivity contribution >= 4 is 15.9 Å². The maximum Gasteiger partial charge on any atom is 0.191 e. The van der Waals surface area contributed by atoms with Crippen LogP contribution in [0.2, 0.25) is 0 Å². The van der Waals surface area contributed by atoms with Gasteiger partial charge >= 0.3 is 0 Å². The molecule has 0 aliphatic rings. The van der Waals surface area contributed by atoms with Crippen molar-refractivity contribution in [2.24, 2.45) is 5.73 Å². The SMILES string of the molecule is COc1ccc(Br)c(COc2c(F)cc(CN)cc2F)c1. The molecular weight excluding hydrogens is 344 g/mol. The van der Waals surface area contributed by atoms with Gasteiger partial charge in [0.2, 0.25) is 0 Å². The molecule has 21 heavy (non-hydrogen) atoms. The first-order chi connectivity index (χ1) is 10.0. The number of hydrogen-bond acceptors (Lipinski definition) is 3. The molecule has 0 atom stereocenters. The molecular formula is C15H14BrF2NO2. The Kier molecular flexibility index (Phi) is 5.14. The van der Waals surface area contributed by atoms with Gasteiger partial charge in [-0.15, -0.1) is 0 Å². The maximum absolute atomic E-state index is 13.8. The first-order valence-electron chi connectivity index (χ1n) is 6.18. The number of hydrogen-bond donors (Lipinski definition) is 1. The van der Waals surface area contributed by atoms with Gasteiger partial charge in [0, 0.05) is 16.6 Å². The Morgan fingerprint density at radius 3 is 2.38 bits per heavy atom. The zero-order chi connectivity index (χ0) is 15.4. The zero-order valence-electron chi connectivity index (χ0n) is 11.3. The normalized spacial score (nSPS) is 10.5. The van der Waals surface area contributed by atoms with Crippen LogP contribution in [0, 0.1) is 11.6 Å². The van der Waals surface area contributed by atoms with Crippen molar-refractivity contribution in [2.45, 2.75) is 13.2 Å². The molecule has 0 aromatic heterocycles. The highest BCUT2D eigenvalue weighted by Crippen LogP contribution is 2.27. The summed E-state index contributed by atoms with van der Waals surface area (Å²) in [5.74, 6) is -1.32. The number of nitrogens with two attached hydrogens (primary N) is 1. The van der Waals surface area contributed by atoms with Crippen molar-refractivity contribution in [3.05, 3.63) is 57.6 Å². The van der Waals surface area contributed by atoms with Crippen LogP contribution in [0.1, 0.15) is 11.1 Å². The Bertz CT molecular complexity index is 627. The monoisotopic (exact) mass is 357 g/mol. The molecule has 0 radical (unpaired) electrons. The van der Waals surface area contributed by atoms with E-state index in [-0.39, 0.29) is 13.2 Å². The van der Waals surface area contributed by atoms with Gasteiger partial charge in [-0.05, 0) is 35.9 Å². The molecule has 0 fully saturated rings. The van der Waals surface area contributed by atoms with E-state index in [1.165, 1.54) is 12.1 Å². The number of halogens is 3. The molecule has 0 saturated carbocycles. The third kappa shape index (κ3) is 3.71. The van der Waals surface area contributed by atoms with Crippen LogP contribution < -0.4 is 15.2 Å². The molecule has 0 amide bonds. The van der Waals surface area contributed by atoms with Gasteiger partial charge in [-0.3, -0.25) is 0 Å². The van der Waals surface area contributed by atoms with Gasteiger partial charge in [-0.1, -0.05) is 15.9 Å². The summed E-state index contributed by atoms with van der Waals surface area (Å²) in [6.45, 7) is 0.0726. The minimum Gasteiger partial charge on any atom is -0.497 e. The lowest BCUT2D eigenvalue weighted by atomic mass is 10.2. The van der Waals surface area contributed by atoms with Gasteiger partial charge in [-0.25, -0.2) is 8.78 Å². The first-order valence-corrected chi connectivity index (χ1v) is 6.97. The van der Waals surface area contributed by atoms with E-state index >= 15 is 0 Å². The summed E-state index contributed by atoms with van der Waals surface area (Å²) in [7, 11) is 1.54. The summed E-state index contributed by atoms with van der Waals surface area (Å²) in [5.41, 5.74) is 6.45. The van der Waals surface area contributed by atoms with E-state index in [9.17, 15) is 8.78 Å². The van der Waals surface area contributed by atoms with Gasteiger partial charge in [0.1, 0.15) is 12.4 Å². The van der Waals surface area contributed by atoms with Crippen molar-refractivity contribution in [1.82, 2.24) is 0 Å². The fraction of sp³-hybridized carbons (Fsp3) is 0.200. The second kappa shape index (κ2) is 6.87. The molecule has 6 heteroatoms. The molecule has 2 aromatic rings. The van der Waals surface area contributed by atoms with E-state index in [4.69, 9.17) is 15.2 Å². The van der Waals surface area contributed by atoms with E-state index in [0.29, 0.717) is 11.3 Å². The fourth-order valence-electron chi connectivity index (χ4n) is 1.81. The van der Waals surface area contributed by atoms with Crippen LogP contribution >= 0.6 is 15.9 Å². The summed E-state index contributed by atoms with van der Waals surface area (Å²) in [5, 5.41) is 0. The third-order valence-electron chi connectivity index (χ3n) is 2.92. The Morgan fingerprint density at radius 2 is 1.81 bits per heavy atom. The minimum atomic E-state index is -0.769. The average molecular weight is 358 g/mol. The summed E-state index contributed by atoms with van der Waals surface area (Å²) < 4.78 is 38.7. The quantitative estimate of drug-likeness (QED) is 0.885. The van der Waals surface area contributed by atoms with Crippen molar-refractivity contribution in [3.63, 3.8) is 0 Å². The number of benzene rings is 2. The molecule has 112 valence electrons. The Hall–Kier alpha value is -1.66. The van der Waals surface area contributed by atoms with Crippen LogP contribution in [0.5, 0.6) is 11.5 Å². The smallest absolute Gasteiger partial charge is 0.191 e. The van der Waals surface area contributed by atoms with Crippen molar-refractivity contribution in [3.8, 4) is 11.5 Å². The number of rotatable bonds is 5. The van der Waals surface area contributed by atoms with Gasteiger partial charge in [0.05, 0.1) is 7.11 Å². The second-order valence-corrected chi connectivity index (χ2v) is 5.19. The van der Waals surface area contributed by atoms with Crippen LogP contribution in [0.25, 0.3) is 0 Å². The number of ether oxygens (including phenoxy) is 2. The standard InChI is InChI=1S/C15H14BrF2NO2/c1-20-11-2-3-12(16)10(6-11)8-21-15-13(17)4-9(7-19)5-14(15)18/h2-6H,7-8,19H2,1H3. The van der Waals surface area contributed by atoms with E-state index in [1.54, 1.807) is 25.3 Å². The minimum absolute atomic E-state index is 0.00753. The van der Waals surface area contributed by atoms with Crippen molar-refractivity contribution in [1.29, 1.82) is 0 Å². The van der Waals surface area contributed by atoms with E-state index in [1.807, 2.05) is 0 Å². The molecule has 0 bridgehead atoms. The molecule has 0 aliphatic carbocycles. The van der Waals surface area contributed by atoms with Crippen molar-refractivity contribution in [2.75, 3.05) is 7.11 Å². The van der Waals surface area contributed by atoms with Crippen molar-refractivity contribution < 1.29 is 18.3 Å². The van der Waals surface area contributed by atoms with Gasteiger partial charge in [0.15, 0.2) is 17.4 Å². The average Bonchev–Trinajstić information content (AvgIpc) is 2.47. The molecule has 0 saturated heterocycles. The first kappa shape index (κ1) is 15.7. The lowest BCUT2D eigenvalue weighted by Crippen LogP contribution is -2.04. The summed E-state index contributed by atoms with van der Waals surface area (Å²) in [4.78, 5) is 0. The molecule has 0 aliphatic heterocycles. The second-order valence-electron chi connectivity index (χ2n) is 4.34. The molecule has 2 aromatic carbocycles. The van der Waals surface area contributed by atoms with E-state index in [0.717, 1.165) is 10.0 Å². The predicted octanol–water partition coefficient (Wildman–Crippen LogP) is 3.77. The van der Waals surface area contributed by atoms with Gasteiger partial charge in [-0.2, -0.15) is 0 Å². The topological polar surface area (TPSA) is 44.5 Å². The van der Waals surface area contributed by atoms with Crippen LogP contribution in [-0.2, 0) is 13.2 Å². The lowest BCUT2D eigenvalue weighted by molar-refractivity contribution is 0.272. The van der Waals surface area contributed by atoms with Crippen LogP contribution in [0.15, 0.2) is 34.8 Å². The van der Waals surface area contributed by atoms with E-state index < -0.39 is 17.4 Å². The summed E-state index contributed by atoms with van der Waals surface area (Å²) in [6, 6.07) is 7.61. The highest BCUT2D eigenvalue weighted by Gasteiger charge is 2.13. The van der Waals surface area contributed by atoms with Crippen LogP contribution in [-0.4, -0.2) is 7.11 Å². The Morgan fingerprint density at radius 1 is 1.14 bits per heavy atom.